The molecule has 0 aromatic heterocycles. The molecule has 0 aromatic carbocycles. The van der Waals surface area contributed by atoms with Gasteiger partial charge in [0.05, 0.1) is 19.1 Å². The zero-order valence-electron chi connectivity index (χ0n) is 8.27. The number of carbonyl (C=O) groups is 2. The number of amides is 1. The normalized spacial score (nSPS) is 11.9. The molecule has 4 N–H and O–H groups in total. The molecule has 0 aliphatic carbocycles. The van der Waals surface area contributed by atoms with Crippen molar-refractivity contribution < 1.29 is 24.9 Å². The van der Waals surface area contributed by atoms with Crippen molar-refractivity contribution in [2.24, 2.45) is 0 Å². The second-order valence-corrected chi connectivity index (χ2v) is 3.06. The molecule has 0 spiro atoms. The average Bonchev–Trinajstić information content (AvgIpc) is 2.16. The summed E-state index contributed by atoms with van der Waals surface area (Å²) in [6, 6.07) is 0. The lowest BCUT2D eigenvalue weighted by Gasteiger charge is -2.08. The Morgan fingerprint density at radius 3 is 2.47 bits per heavy atom. The number of carboxylic acids is 1. The molecule has 0 fully saturated rings. The molecule has 86 valence electrons. The molecule has 0 aliphatic heterocycles. The molecule has 15 heavy (non-hydrogen) atoms. The minimum Gasteiger partial charge on any atom is -0.481 e. The molecule has 0 radical (unpaired) electrons. The maximum absolute atomic E-state index is 11.1. The van der Waals surface area contributed by atoms with Crippen LogP contribution in [0, 0.1) is 0 Å². The molecule has 0 saturated heterocycles. The Balaban J connectivity index is 3.74. The number of carbonyl (C=O) groups excluding carboxylic acids is 1. The summed E-state index contributed by atoms with van der Waals surface area (Å²) < 4.78 is 0. The topological polar surface area (TPSA) is 107 Å². The molecule has 1 unspecified atom stereocenters. The Hall–Kier alpha value is -1.40. The van der Waals surface area contributed by atoms with Crippen LogP contribution in [-0.4, -0.2) is 46.5 Å². The van der Waals surface area contributed by atoms with E-state index in [2.05, 4.69) is 11.9 Å². The zero-order chi connectivity index (χ0) is 11.8. The van der Waals surface area contributed by atoms with Crippen LogP contribution >= 0.6 is 0 Å². The van der Waals surface area contributed by atoms with Crippen LogP contribution in [0.2, 0.25) is 0 Å². The fourth-order valence-corrected chi connectivity index (χ4v) is 0.831. The summed E-state index contributed by atoms with van der Waals surface area (Å²) in [5.41, 5.74) is -0.0408. The second kappa shape index (κ2) is 6.97. The number of hydrogen-bond acceptors (Lipinski definition) is 4. The highest BCUT2D eigenvalue weighted by Crippen LogP contribution is 1.97. The standard InChI is InChI=1S/C9H15NO5/c1-6(4-8(13)14)9(15)10-3-2-7(12)5-11/h7,11-12H,1-5H2,(H,10,15)(H,13,14). The summed E-state index contributed by atoms with van der Waals surface area (Å²) in [5, 5.41) is 28.2. The van der Waals surface area contributed by atoms with Crippen molar-refractivity contribution >= 4 is 11.9 Å². The lowest BCUT2D eigenvalue weighted by atomic mass is 10.2. The molecule has 6 nitrogen and oxygen atoms in total. The van der Waals surface area contributed by atoms with Crippen LogP contribution in [0.1, 0.15) is 12.8 Å². The zero-order valence-corrected chi connectivity index (χ0v) is 8.27. The maximum Gasteiger partial charge on any atom is 0.308 e. The van der Waals surface area contributed by atoms with E-state index in [1.54, 1.807) is 0 Å². The van der Waals surface area contributed by atoms with Crippen molar-refractivity contribution in [2.75, 3.05) is 13.2 Å². The molecular weight excluding hydrogens is 202 g/mol. The summed E-state index contributed by atoms with van der Waals surface area (Å²) >= 11 is 0. The van der Waals surface area contributed by atoms with E-state index in [9.17, 15) is 9.59 Å². The summed E-state index contributed by atoms with van der Waals surface area (Å²) in [4.78, 5) is 21.4. The third-order valence-electron chi connectivity index (χ3n) is 1.66. The minimum atomic E-state index is -1.12. The average molecular weight is 217 g/mol. The smallest absolute Gasteiger partial charge is 0.308 e. The molecule has 6 heteroatoms. The number of nitrogens with one attached hydrogen (secondary N) is 1. The van der Waals surface area contributed by atoms with Gasteiger partial charge in [-0.05, 0) is 6.42 Å². The van der Waals surface area contributed by atoms with E-state index in [0.29, 0.717) is 0 Å². The van der Waals surface area contributed by atoms with E-state index in [4.69, 9.17) is 15.3 Å². The Bertz CT molecular complexity index is 251. The van der Waals surface area contributed by atoms with Crippen LogP contribution in [0.3, 0.4) is 0 Å². The Kier molecular flexibility index (Phi) is 6.32. The Labute approximate surface area is 87.2 Å². The van der Waals surface area contributed by atoms with Crippen molar-refractivity contribution in [3.63, 3.8) is 0 Å². The SMILES string of the molecule is C=C(CC(=O)O)C(=O)NCCC(O)CO. The van der Waals surface area contributed by atoms with E-state index >= 15 is 0 Å². The van der Waals surface area contributed by atoms with Gasteiger partial charge in [0.15, 0.2) is 0 Å². The van der Waals surface area contributed by atoms with E-state index in [-0.39, 0.29) is 25.1 Å². The maximum atomic E-state index is 11.1. The molecule has 0 aliphatic rings. The van der Waals surface area contributed by atoms with Crippen molar-refractivity contribution in [3.8, 4) is 0 Å². The van der Waals surface area contributed by atoms with Crippen LogP contribution in [-0.2, 0) is 9.59 Å². The third-order valence-corrected chi connectivity index (χ3v) is 1.66. The monoisotopic (exact) mass is 217 g/mol. The predicted octanol–water partition coefficient (Wildman–Crippen LogP) is -1.12. The predicted molar refractivity (Wildman–Crippen MR) is 52.1 cm³/mol. The van der Waals surface area contributed by atoms with E-state index in [0.717, 1.165) is 0 Å². The molecule has 0 saturated carbocycles. The number of aliphatic carboxylic acids is 1. The highest BCUT2D eigenvalue weighted by atomic mass is 16.4. The van der Waals surface area contributed by atoms with Gasteiger partial charge in [0, 0.05) is 12.1 Å². The molecule has 0 heterocycles. The Morgan fingerprint density at radius 2 is 2.00 bits per heavy atom. The number of hydrogen-bond donors (Lipinski definition) is 4. The van der Waals surface area contributed by atoms with Crippen molar-refractivity contribution in [2.45, 2.75) is 18.9 Å². The number of aliphatic hydroxyl groups excluding tert-OH is 2. The summed E-state index contributed by atoms with van der Waals surface area (Å²) in [7, 11) is 0. The number of carboxylic acid groups (broad SMARTS) is 1. The van der Waals surface area contributed by atoms with E-state index < -0.39 is 24.4 Å². The van der Waals surface area contributed by atoms with Gasteiger partial charge in [-0.2, -0.15) is 0 Å². The Morgan fingerprint density at radius 1 is 1.40 bits per heavy atom. The molecule has 1 atom stereocenters. The van der Waals surface area contributed by atoms with Gasteiger partial charge < -0.3 is 20.6 Å². The largest absolute Gasteiger partial charge is 0.481 e. The minimum absolute atomic E-state index is 0.0408. The van der Waals surface area contributed by atoms with Gasteiger partial charge in [0.1, 0.15) is 0 Å². The number of rotatable bonds is 7. The summed E-state index contributed by atoms with van der Waals surface area (Å²) in [6.45, 7) is 3.10. The van der Waals surface area contributed by atoms with Crippen LogP contribution in [0.25, 0.3) is 0 Å². The van der Waals surface area contributed by atoms with Gasteiger partial charge in [-0.25, -0.2) is 0 Å². The van der Waals surface area contributed by atoms with Gasteiger partial charge in [-0.15, -0.1) is 0 Å². The molecule has 0 aromatic rings. The van der Waals surface area contributed by atoms with Crippen molar-refractivity contribution in [1.29, 1.82) is 0 Å². The highest BCUT2D eigenvalue weighted by Gasteiger charge is 2.10. The van der Waals surface area contributed by atoms with Crippen LogP contribution in [0.15, 0.2) is 12.2 Å². The second-order valence-electron chi connectivity index (χ2n) is 3.06. The first-order valence-corrected chi connectivity index (χ1v) is 4.44. The van der Waals surface area contributed by atoms with Gasteiger partial charge in [-0.3, -0.25) is 9.59 Å². The fraction of sp³-hybridized carbons (Fsp3) is 0.556. The summed E-state index contributed by atoms with van der Waals surface area (Å²) in [6.07, 6.45) is -1.07. The quantitative estimate of drug-likeness (QED) is 0.404. The van der Waals surface area contributed by atoms with Gasteiger partial charge >= 0.3 is 5.97 Å². The van der Waals surface area contributed by atoms with Gasteiger partial charge in [-0.1, -0.05) is 6.58 Å². The molecule has 0 rings (SSSR count). The van der Waals surface area contributed by atoms with Crippen LogP contribution in [0.4, 0.5) is 0 Å². The van der Waals surface area contributed by atoms with Gasteiger partial charge in [0.2, 0.25) is 5.91 Å². The summed E-state index contributed by atoms with van der Waals surface area (Å²) in [5.74, 6) is -1.67. The fourth-order valence-electron chi connectivity index (χ4n) is 0.831. The van der Waals surface area contributed by atoms with Crippen LogP contribution in [0.5, 0.6) is 0 Å². The number of aliphatic hydroxyl groups is 2. The first kappa shape index (κ1) is 13.6. The first-order valence-electron chi connectivity index (χ1n) is 4.44. The molecule has 1 amide bonds. The third kappa shape index (κ3) is 6.64. The molecule has 0 bridgehead atoms. The first-order chi connectivity index (χ1) is 6.97. The van der Waals surface area contributed by atoms with E-state index in [1.807, 2.05) is 0 Å². The van der Waals surface area contributed by atoms with E-state index in [1.165, 1.54) is 0 Å². The van der Waals surface area contributed by atoms with Gasteiger partial charge in [0.25, 0.3) is 0 Å². The highest BCUT2D eigenvalue weighted by molar-refractivity contribution is 5.96. The van der Waals surface area contributed by atoms with Crippen molar-refractivity contribution in [3.05, 3.63) is 12.2 Å². The lowest BCUT2D eigenvalue weighted by molar-refractivity contribution is -0.137. The van der Waals surface area contributed by atoms with Crippen LogP contribution < -0.4 is 5.32 Å². The lowest BCUT2D eigenvalue weighted by Crippen LogP contribution is -2.29. The van der Waals surface area contributed by atoms with Crippen molar-refractivity contribution in [1.82, 2.24) is 5.32 Å². The molecular formula is C9H15NO5.